The third-order valence-corrected chi connectivity index (χ3v) is 5.26. The number of hydrogen-bond acceptors (Lipinski definition) is 3. The number of hydrogen-bond donors (Lipinski definition) is 3. The van der Waals surface area contributed by atoms with Crippen LogP contribution in [-0.2, 0) is 11.3 Å². The number of nitrogens with zero attached hydrogens (tertiary/aromatic N) is 1. The maximum absolute atomic E-state index is 12.5. The summed E-state index contributed by atoms with van der Waals surface area (Å²) in [6.07, 6.45) is 2.29. The van der Waals surface area contributed by atoms with Crippen LogP contribution in [-0.4, -0.2) is 36.0 Å². The zero-order valence-corrected chi connectivity index (χ0v) is 17.2. The molecular formula is C23H30N4O2. The predicted molar refractivity (Wildman–Crippen MR) is 117 cm³/mol. The average molecular weight is 395 g/mol. The molecule has 0 spiro atoms. The molecule has 0 saturated carbocycles. The van der Waals surface area contributed by atoms with E-state index in [0.29, 0.717) is 17.8 Å². The molecular weight excluding hydrogens is 364 g/mol. The Kier molecular flexibility index (Phi) is 7.25. The molecule has 0 radical (unpaired) electrons. The van der Waals surface area contributed by atoms with Crippen LogP contribution in [0, 0.1) is 6.92 Å². The summed E-state index contributed by atoms with van der Waals surface area (Å²) < 4.78 is 0. The van der Waals surface area contributed by atoms with Crippen molar-refractivity contribution in [3.63, 3.8) is 0 Å². The van der Waals surface area contributed by atoms with E-state index in [0.717, 1.165) is 38.0 Å². The van der Waals surface area contributed by atoms with Gasteiger partial charge in [0, 0.05) is 43.5 Å². The first-order valence-corrected chi connectivity index (χ1v) is 10.3. The van der Waals surface area contributed by atoms with Crippen molar-refractivity contribution >= 4 is 23.3 Å². The molecule has 1 fully saturated rings. The highest BCUT2D eigenvalue weighted by molar-refractivity contribution is 5.94. The largest absolute Gasteiger partial charge is 0.335 e. The number of aryl methyl sites for hydroxylation is 1. The highest BCUT2D eigenvalue weighted by Crippen LogP contribution is 2.21. The molecule has 0 aliphatic carbocycles. The number of urea groups is 1. The molecule has 2 aromatic rings. The number of likely N-dealkylation sites (tertiary alicyclic amines) is 1. The molecule has 0 atom stereocenters. The van der Waals surface area contributed by atoms with Gasteiger partial charge in [-0.15, -0.1) is 0 Å². The Labute approximate surface area is 172 Å². The van der Waals surface area contributed by atoms with Crippen molar-refractivity contribution in [1.82, 2.24) is 10.2 Å². The molecule has 0 unspecified atom stereocenters. The van der Waals surface area contributed by atoms with E-state index < -0.39 is 0 Å². The van der Waals surface area contributed by atoms with Crippen LogP contribution in [0.4, 0.5) is 16.2 Å². The molecule has 6 heteroatoms. The molecule has 0 aromatic heterocycles. The average Bonchev–Trinajstić information content (AvgIpc) is 2.72. The van der Waals surface area contributed by atoms with Crippen LogP contribution in [0.2, 0.25) is 0 Å². The summed E-state index contributed by atoms with van der Waals surface area (Å²) in [5, 5.41) is 8.83. The third-order valence-electron chi connectivity index (χ3n) is 5.26. The molecule has 3 N–H and O–H groups in total. The highest BCUT2D eigenvalue weighted by Gasteiger charge is 2.21. The van der Waals surface area contributed by atoms with Gasteiger partial charge < -0.3 is 16.0 Å². The van der Waals surface area contributed by atoms with Crippen LogP contribution in [0.1, 0.15) is 37.3 Å². The molecule has 1 aliphatic heterocycles. The minimum atomic E-state index is -0.200. The quantitative estimate of drug-likeness (QED) is 0.690. The molecule has 3 rings (SSSR count). The Hall–Kier alpha value is -2.86. The highest BCUT2D eigenvalue weighted by atomic mass is 16.2. The van der Waals surface area contributed by atoms with E-state index in [1.54, 1.807) is 13.0 Å². The van der Waals surface area contributed by atoms with Crippen LogP contribution in [0.25, 0.3) is 0 Å². The molecule has 6 nitrogen and oxygen atoms in total. The normalized spacial score (nSPS) is 15.0. The van der Waals surface area contributed by atoms with Crippen molar-refractivity contribution in [3.8, 4) is 0 Å². The third kappa shape index (κ3) is 6.32. The lowest BCUT2D eigenvalue weighted by atomic mass is 10.0. The van der Waals surface area contributed by atoms with E-state index >= 15 is 0 Å². The molecule has 154 valence electrons. The van der Waals surface area contributed by atoms with Gasteiger partial charge in [-0.2, -0.15) is 0 Å². The van der Waals surface area contributed by atoms with Gasteiger partial charge in [0.2, 0.25) is 5.91 Å². The number of nitrogens with one attached hydrogen (secondary N) is 3. The zero-order chi connectivity index (χ0) is 20.6. The van der Waals surface area contributed by atoms with E-state index in [1.807, 2.05) is 25.1 Å². The number of rotatable bonds is 6. The second-order valence-electron chi connectivity index (χ2n) is 7.57. The van der Waals surface area contributed by atoms with Crippen molar-refractivity contribution in [2.24, 2.45) is 0 Å². The number of anilines is 2. The molecule has 0 bridgehead atoms. The standard InChI is InChI=1S/C23H30N4O2/c1-3-22(28)24-20-10-9-17(2)21(15-20)26-23(29)25-19-11-13-27(14-12-19)16-18-7-5-4-6-8-18/h4-10,15,19H,3,11-14,16H2,1-2H3,(H,24,28)(H2,25,26,29). The van der Waals surface area contributed by atoms with E-state index in [-0.39, 0.29) is 18.0 Å². The van der Waals surface area contributed by atoms with Gasteiger partial charge in [-0.05, 0) is 43.0 Å². The SMILES string of the molecule is CCC(=O)Nc1ccc(C)c(NC(=O)NC2CCN(Cc3ccccc3)CC2)c1. The van der Waals surface area contributed by atoms with E-state index in [2.05, 4.69) is 45.1 Å². The summed E-state index contributed by atoms with van der Waals surface area (Å²) in [6.45, 7) is 6.63. The first-order valence-electron chi connectivity index (χ1n) is 10.3. The number of benzene rings is 2. The fraction of sp³-hybridized carbons (Fsp3) is 0.391. The molecule has 1 heterocycles. The van der Waals surface area contributed by atoms with Crippen molar-refractivity contribution in [3.05, 3.63) is 59.7 Å². The van der Waals surface area contributed by atoms with E-state index in [9.17, 15) is 9.59 Å². The van der Waals surface area contributed by atoms with Crippen LogP contribution < -0.4 is 16.0 Å². The topological polar surface area (TPSA) is 73.5 Å². The fourth-order valence-electron chi connectivity index (χ4n) is 3.50. The minimum Gasteiger partial charge on any atom is -0.335 e. The van der Waals surface area contributed by atoms with Crippen LogP contribution in [0.15, 0.2) is 48.5 Å². The fourth-order valence-corrected chi connectivity index (χ4v) is 3.50. The lowest BCUT2D eigenvalue weighted by Crippen LogP contribution is -2.45. The summed E-state index contributed by atoms with van der Waals surface area (Å²) in [5.41, 5.74) is 3.67. The number of amides is 3. The Balaban J connectivity index is 1.48. The van der Waals surface area contributed by atoms with Crippen LogP contribution in [0.3, 0.4) is 0 Å². The Morgan fingerprint density at radius 1 is 1.03 bits per heavy atom. The van der Waals surface area contributed by atoms with E-state index in [1.165, 1.54) is 5.56 Å². The Morgan fingerprint density at radius 3 is 2.45 bits per heavy atom. The molecule has 2 aromatic carbocycles. The van der Waals surface area contributed by atoms with Gasteiger partial charge in [-0.3, -0.25) is 9.69 Å². The maximum atomic E-state index is 12.5. The summed E-state index contributed by atoms with van der Waals surface area (Å²) in [6, 6.07) is 16.0. The zero-order valence-electron chi connectivity index (χ0n) is 17.2. The van der Waals surface area contributed by atoms with Gasteiger partial charge in [0.1, 0.15) is 0 Å². The smallest absolute Gasteiger partial charge is 0.319 e. The summed E-state index contributed by atoms with van der Waals surface area (Å²) in [7, 11) is 0. The minimum absolute atomic E-state index is 0.0495. The summed E-state index contributed by atoms with van der Waals surface area (Å²) in [4.78, 5) is 26.5. The second kappa shape index (κ2) is 10.1. The van der Waals surface area contributed by atoms with E-state index in [4.69, 9.17) is 0 Å². The van der Waals surface area contributed by atoms with Gasteiger partial charge in [0.25, 0.3) is 0 Å². The monoisotopic (exact) mass is 394 g/mol. The maximum Gasteiger partial charge on any atom is 0.319 e. The van der Waals surface area contributed by atoms with Gasteiger partial charge in [-0.25, -0.2) is 4.79 Å². The first kappa shape index (κ1) is 20.9. The Bertz CT molecular complexity index is 830. The molecule has 1 saturated heterocycles. The lowest BCUT2D eigenvalue weighted by Gasteiger charge is -2.32. The summed E-state index contributed by atoms with van der Waals surface area (Å²) in [5.74, 6) is -0.0495. The van der Waals surface area contributed by atoms with Crippen molar-refractivity contribution < 1.29 is 9.59 Å². The Morgan fingerprint density at radius 2 is 1.76 bits per heavy atom. The summed E-state index contributed by atoms with van der Waals surface area (Å²) >= 11 is 0. The van der Waals surface area contributed by atoms with Gasteiger partial charge in [0.15, 0.2) is 0 Å². The lowest BCUT2D eigenvalue weighted by molar-refractivity contribution is -0.115. The van der Waals surface area contributed by atoms with Crippen LogP contribution in [0.5, 0.6) is 0 Å². The number of carbonyl (C=O) groups excluding carboxylic acids is 2. The van der Waals surface area contributed by atoms with Crippen LogP contribution >= 0.6 is 0 Å². The van der Waals surface area contributed by atoms with Crippen molar-refractivity contribution in [2.45, 2.75) is 45.7 Å². The van der Waals surface area contributed by atoms with Gasteiger partial charge in [0.05, 0.1) is 0 Å². The molecule has 3 amide bonds. The first-order chi connectivity index (χ1) is 14.0. The van der Waals surface area contributed by atoms with Gasteiger partial charge in [-0.1, -0.05) is 43.3 Å². The van der Waals surface area contributed by atoms with Crippen molar-refractivity contribution in [1.29, 1.82) is 0 Å². The second-order valence-corrected chi connectivity index (χ2v) is 7.57. The predicted octanol–water partition coefficient (Wildman–Crippen LogP) is 4.13. The molecule has 1 aliphatic rings. The molecule has 29 heavy (non-hydrogen) atoms. The number of piperidine rings is 1. The number of carbonyl (C=O) groups is 2. The van der Waals surface area contributed by atoms with Crippen molar-refractivity contribution in [2.75, 3.05) is 23.7 Å². The van der Waals surface area contributed by atoms with Gasteiger partial charge >= 0.3 is 6.03 Å².